The molecule has 0 atom stereocenters. The van der Waals surface area contributed by atoms with Crippen LogP contribution in [0.5, 0.6) is 0 Å². The monoisotopic (exact) mass is 196 g/mol. The van der Waals surface area contributed by atoms with Crippen molar-refractivity contribution < 1.29 is 5.11 Å². The minimum absolute atomic E-state index is 0.498. The molecule has 0 unspecified atom stereocenters. The van der Waals surface area contributed by atoms with Crippen LogP contribution in [0, 0.1) is 0 Å². The molecule has 0 heterocycles. The average molecular weight is 196 g/mol. The number of benzene rings is 2. The van der Waals surface area contributed by atoms with E-state index in [1.54, 1.807) is 0 Å². The van der Waals surface area contributed by atoms with E-state index in [1.165, 1.54) is 21.9 Å². The normalized spacial score (nSPS) is 14.8. The molecule has 0 aromatic heterocycles. The van der Waals surface area contributed by atoms with Gasteiger partial charge >= 0.3 is 0 Å². The maximum atomic E-state index is 9.49. The lowest BCUT2D eigenvalue weighted by Gasteiger charge is -2.14. The van der Waals surface area contributed by atoms with Gasteiger partial charge in [-0.2, -0.15) is 0 Å². The molecule has 3 rings (SSSR count). The number of aliphatic hydroxyl groups excluding tert-OH is 1. The molecular formula is C14H12O. The summed E-state index contributed by atoms with van der Waals surface area (Å²) in [5, 5.41) is 12.0. The highest BCUT2D eigenvalue weighted by atomic mass is 16.3. The molecule has 1 heteroatoms. The average Bonchev–Trinajstić information content (AvgIpc) is 2.26. The first-order valence-electron chi connectivity index (χ1n) is 5.21. The lowest BCUT2D eigenvalue weighted by molar-refractivity contribution is 0.393. The lowest BCUT2D eigenvalue weighted by atomic mass is 9.92. The third kappa shape index (κ3) is 1.40. The van der Waals surface area contributed by atoms with Crippen LogP contribution in [0.15, 0.2) is 48.2 Å². The SMILES string of the molecule is OC1=CCc2cc3ccccc3cc2C1. The molecule has 0 saturated heterocycles. The molecule has 0 radical (unpaired) electrons. The fourth-order valence-electron chi connectivity index (χ4n) is 2.18. The van der Waals surface area contributed by atoms with E-state index in [0.717, 1.165) is 6.42 Å². The summed E-state index contributed by atoms with van der Waals surface area (Å²) in [5.41, 5.74) is 2.60. The van der Waals surface area contributed by atoms with Gasteiger partial charge in [-0.3, -0.25) is 0 Å². The summed E-state index contributed by atoms with van der Waals surface area (Å²) in [7, 11) is 0. The van der Waals surface area contributed by atoms with Gasteiger partial charge in [-0.15, -0.1) is 0 Å². The first-order chi connectivity index (χ1) is 7.33. The van der Waals surface area contributed by atoms with E-state index < -0.39 is 0 Å². The van der Waals surface area contributed by atoms with Crippen LogP contribution in [0.2, 0.25) is 0 Å². The Labute approximate surface area is 88.7 Å². The number of hydrogen-bond acceptors (Lipinski definition) is 1. The van der Waals surface area contributed by atoms with E-state index in [-0.39, 0.29) is 0 Å². The highest BCUT2D eigenvalue weighted by Gasteiger charge is 2.10. The molecule has 1 nitrogen and oxygen atoms in total. The van der Waals surface area contributed by atoms with E-state index in [0.29, 0.717) is 12.2 Å². The molecule has 0 saturated carbocycles. The molecule has 0 fully saturated rings. The molecule has 2 aromatic rings. The summed E-state index contributed by atoms with van der Waals surface area (Å²) in [4.78, 5) is 0. The minimum Gasteiger partial charge on any atom is -0.512 e. The van der Waals surface area contributed by atoms with Gasteiger partial charge in [0.1, 0.15) is 0 Å². The van der Waals surface area contributed by atoms with Gasteiger partial charge in [0, 0.05) is 6.42 Å². The number of aliphatic hydroxyl groups is 1. The van der Waals surface area contributed by atoms with Crippen LogP contribution in [0.25, 0.3) is 10.8 Å². The Kier molecular flexibility index (Phi) is 1.78. The number of hydrogen-bond donors (Lipinski definition) is 1. The Bertz CT molecular complexity index is 552. The van der Waals surface area contributed by atoms with Gasteiger partial charge in [0.15, 0.2) is 0 Å². The first-order valence-corrected chi connectivity index (χ1v) is 5.21. The van der Waals surface area contributed by atoms with Crippen molar-refractivity contribution in [3.05, 3.63) is 59.4 Å². The van der Waals surface area contributed by atoms with E-state index in [2.05, 4.69) is 30.3 Å². The van der Waals surface area contributed by atoms with Crippen LogP contribution < -0.4 is 0 Å². The van der Waals surface area contributed by atoms with Crippen LogP contribution >= 0.6 is 0 Å². The van der Waals surface area contributed by atoms with Crippen molar-refractivity contribution in [3.63, 3.8) is 0 Å². The van der Waals surface area contributed by atoms with Crippen LogP contribution in [0.4, 0.5) is 0 Å². The molecule has 74 valence electrons. The van der Waals surface area contributed by atoms with Crippen molar-refractivity contribution in [3.8, 4) is 0 Å². The molecule has 0 amide bonds. The summed E-state index contributed by atoms with van der Waals surface area (Å²) < 4.78 is 0. The number of fused-ring (bicyclic) bond motifs is 2. The number of rotatable bonds is 0. The van der Waals surface area contributed by atoms with Crippen LogP contribution in [-0.4, -0.2) is 5.11 Å². The molecular weight excluding hydrogens is 184 g/mol. The molecule has 0 spiro atoms. The molecule has 1 aliphatic rings. The second kappa shape index (κ2) is 3.13. The fraction of sp³-hybridized carbons (Fsp3) is 0.143. The summed E-state index contributed by atoms with van der Waals surface area (Å²) >= 11 is 0. The molecule has 2 aromatic carbocycles. The largest absolute Gasteiger partial charge is 0.512 e. The quantitative estimate of drug-likeness (QED) is 0.684. The van der Waals surface area contributed by atoms with Gasteiger partial charge < -0.3 is 5.11 Å². The Morgan fingerprint density at radius 1 is 0.933 bits per heavy atom. The highest BCUT2D eigenvalue weighted by Crippen LogP contribution is 2.25. The zero-order valence-electron chi connectivity index (χ0n) is 8.40. The van der Waals surface area contributed by atoms with Gasteiger partial charge in [0.2, 0.25) is 0 Å². The van der Waals surface area contributed by atoms with Crippen molar-refractivity contribution in [1.82, 2.24) is 0 Å². The molecule has 0 bridgehead atoms. The maximum absolute atomic E-state index is 9.49. The second-order valence-electron chi connectivity index (χ2n) is 4.04. The van der Waals surface area contributed by atoms with E-state index in [1.807, 2.05) is 12.1 Å². The van der Waals surface area contributed by atoms with Crippen molar-refractivity contribution in [2.45, 2.75) is 12.8 Å². The second-order valence-corrected chi connectivity index (χ2v) is 4.04. The third-order valence-corrected chi connectivity index (χ3v) is 3.00. The highest BCUT2D eigenvalue weighted by molar-refractivity contribution is 5.84. The molecule has 0 aliphatic heterocycles. The lowest BCUT2D eigenvalue weighted by Crippen LogP contribution is -2.02. The van der Waals surface area contributed by atoms with Crippen molar-refractivity contribution >= 4 is 10.8 Å². The first kappa shape index (κ1) is 8.54. The summed E-state index contributed by atoms with van der Waals surface area (Å²) in [6, 6.07) is 12.8. The summed E-state index contributed by atoms with van der Waals surface area (Å²) in [5.74, 6) is 0.498. The van der Waals surface area contributed by atoms with Crippen LogP contribution in [0.1, 0.15) is 11.1 Å². The van der Waals surface area contributed by atoms with Crippen molar-refractivity contribution in [2.24, 2.45) is 0 Å². The molecule has 1 aliphatic carbocycles. The van der Waals surface area contributed by atoms with Gasteiger partial charge in [-0.05, 0) is 34.4 Å². The number of allylic oxidation sites excluding steroid dienone is 2. The Morgan fingerprint density at radius 3 is 2.33 bits per heavy atom. The predicted molar refractivity (Wildman–Crippen MR) is 62.1 cm³/mol. The zero-order chi connectivity index (χ0) is 10.3. The Morgan fingerprint density at radius 2 is 1.60 bits per heavy atom. The van der Waals surface area contributed by atoms with Crippen LogP contribution in [-0.2, 0) is 12.8 Å². The Balaban J connectivity index is 2.23. The van der Waals surface area contributed by atoms with E-state index in [4.69, 9.17) is 0 Å². The summed E-state index contributed by atoms with van der Waals surface area (Å²) in [6.07, 6.45) is 3.43. The topological polar surface area (TPSA) is 20.2 Å². The maximum Gasteiger partial charge on any atom is 0.0930 e. The van der Waals surface area contributed by atoms with Gasteiger partial charge in [0.25, 0.3) is 0 Å². The summed E-state index contributed by atoms with van der Waals surface area (Å²) in [6.45, 7) is 0. The van der Waals surface area contributed by atoms with E-state index in [9.17, 15) is 5.11 Å². The third-order valence-electron chi connectivity index (χ3n) is 3.00. The van der Waals surface area contributed by atoms with E-state index >= 15 is 0 Å². The van der Waals surface area contributed by atoms with Crippen molar-refractivity contribution in [1.29, 1.82) is 0 Å². The minimum atomic E-state index is 0.498. The standard InChI is InChI=1S/C14H12O/c15-14-6-5-12-7-10-3-1-2-4-11(10)8-13(12)9-14/h1-4,6-8,15H,5,9H2. The van der Waals surface area contributed by atoms with Gasteiger partial charge in [-0.1, -0.05) is 36.4 Å². The molecule has 15 heavy (non-hydrogen) atoms. The molecule has 1 N–H and O–H groups in total. The van der Waals surface area contributed by atoms with Crippen molar-refractivity contribution in [2.75, 3.05) is 0 Å². The van der Waals surface area contributed by atoms with Crippen LogP contribution in [0.3, 0.4) is 0 Å². The Hall–Kier alpha value is -1.76. The smallest absolute Gasteiger partial charge is 0.0930 e. The predicted octanol–water partition coefficient (Wildman–Crippen LogP) is 3.38. The van der Waals surface area contributed by atoms with Gasteiger partial charge in [0.05, 0.1) is 5.76 Å². The zero-order valence-corrected chi connectivity index (χ0v) is 8.40. The van der Waals surface area contributed by atoms with Gasteiger partial charge in [-0.25, -0.2) is 0 Å². The fourth-order valence-corrected chi connectivity index (χ4v) is 2.18.